The predicted molar refractivity (Wildman–Crippen MR) is 70.1 cm³/mol. The molecule has 0 bridgehead atoms. The first-order chi connectivity index (χ1) is 8.34. The summed E-state index contributed by atoms with van der Waals surface area (Å²) in [5.74, 6) is 0.777. The second-order valence-electron chi connectivity index (χ2n) is 5.03. The number of rotatable bonds is 2. The van der Waals surface area contributed by atoms with Crippen molar-refractivity contribution in [1.29, 1.82) is 0 Å². The Morgan fingerprint density at radius 1 is 1.35 bits per heavy atom. The maximum atomic E-state index is 4.55. The van der Waals surface area contributed by atoms with Gasteiger partial charge in [0.15, 0.2) is 0 Å². The van der Waals surface area contributed by atoms with Gasteiger partial charge in [0.2, 0.25) is 0 Å². The maximum Gasteiger partial charge on any atom is 0.0711 e. The van der Waals surface area contributed by atoms with E-state index in [1.54, 1.807) is 0 Å². The zero-order valence-electron chi connectivity index (χ0n) is 10.3. The Kier molecular flexibility index (Phi) is 2.85. The average molecular weight is 229 g/mol. The highest BCUT2D eigenvalue weighted by Crippen LogP contribution is 2.21. The Hall–Kier alpha value is -1.35. The third-order valence-electron chi connectivity index (χ3n) is 3.75. The van der Waals surface area contributed by atoms with Crippen LogP contribution in [0.5, 0.6) is 0 Å². The van der Waals surface area contributed by atoms with Crippen LogP contribution in [0, 0.1) is 12.8 Å². The quantitative estimate of drug-likeness (QED) is 0.856. The van der Waals surface area contributed by atoms with Crippen molar-refractivity contribution in [1.82, 2.24) is 15.1 Å². The Bertz CT molecular complexity index is 509. The normalized spacial score (nSPS) is 17.7. The summed E-state index contributed by atoms with van der Waals surface area (Å²) < 4.78 is 2.20. The summed E-state index contributed by atoms with van der Waals surface area (Å²) >= 11 is 0. The fourth-order valence-corrected chi connectivity index (χ4v) is 2.78. The van der Waals surface area contributed by atoms with E-state index in [1.807, 2.05) is 6.20 Å². The molecule has 0 spiro atoms. The molecule has 2 aromatic rings. The molecule has 1 N–H and O–H groups in total. The van der Waals surface area contributed by atoms with Crippen LogP contribution in [0.2, 0.25) is 0 Å². The maximum absolute atomic E-state index is 4.55. The summed E-state index contributed by atoms with van der Waals surface area (Å²) in [5, 5.41) is 9.22. The number of para-hydroxylation sites is 1. The molecule has 1 fully saturated rings. The fraction of sp³-hybridized carbons (Fsp3) is 0.500. The van der Waals surface area contributed by atoms with E-state index in [2.05, 4.69) is 40.2 Å². The predicted octanol–water partition coefficient (Wildman–Crippen LogP) is 2.34. The zero-order chi connectivity index (χ0) is 11.7. The lowest BCUT2D eigenvalue weighted by Gasteiger charge is -2.22. The number of benzene rings is 1. The van der Waals surface area contributed by atoms with Crippen LogP contribution in [0.4, 0.5) is 0 Å². The number of hydrogen-bond donors (Lipinski definition) is 1. The van der Waals surface area contributed by atoms with Gasteiger partial charge in [-0.3, -0.25) is 4.68 Å². The first-order valence-corrected chi connectivity index (χ1v) is 6.46. The van der Waals surface area contributed by atoms with Gasteiger partial charge in [-0.1, -0.05) is 18.2 Å². The van der Waals surface area contributed by atoms with Crippen LogP contribution in [-0.4, -0.2) is 22.9 Å². The lowest BCUT2D eigenvalue weighted by Crippen LogP contribution is -2.30. The number of nitrogens with one attached hydrogen (secondary N) is 1. The molecule has 3 heteroatoms. The topological polar surface area (TPSA) is 29.9 Å². The summed E-state index contributed by atoms with van der Waals surface area (Å²) in [6, 6.07) is 6.42. The summed E-state index contributed by atoms with van der Waals surface area (Å²) in [7, 11) is 0. The van der Waals surface area contributed by atoms with Gasteiger partial charge in [-0.2, -0.15) is 5.10 Å². The van der Waals surface area contributed by atoms with Gasteiger partial charge in [0.05, 0.1) is 11.7 Å². The van der Waals surface area contributed by atoms with Crippen LogP contribution in [0.25, 0.3) is 10.9 Å². The van der Waals surface area contributed by atoms with Crippen LogP contribution >= 0.6 is 0 Å². The van der Waals surface area contributed by atoms with Crippen LogP contribution in [0.1, 0.15) is 18.4 Å². The van der Waals surface area contributed by atoms with Gasteiger partial charge in [0.1, 0.15) is 0 Å². The van der Waals surface area contributed by atoms with E-state index in [1.165, 1.54) is 29.3 Å². The molecule has 1 aliphatic rings. The molecule has 1 saturated heterocycles. The Morgan fingerprint density at radius 3 is 3.00 bits per heavy atom. The van der Waals surface area contributed by atoms with Gasteiger partial charge in [0, 0.05) is 11.9 Å². The van der Waals surface area contributed by atoms with Gasteiger partial charge in [0.25, 0.3) is 0 Å². The van der Waals surface area contributed by atoms with Crippen molar-refractivity contribution >= 4 is 10.9 Å². The van der Waals surface area contributed by atoms with Crippen LogP contribution < -0.4 is 5.32 Å². The monoisotopic (exact) mass is 229 g/mol. The Labute approximate surface area is 102 Å². The standard InChI is InChI=1S/C14H19N3/c1-11-3-2-4-13-9-16-17(14(11)13)10-12-5-7-15-8-6-12/h2-4,9,12,15H,5-8,10H2,1H3. The summed E-state index contributed by atoms with van der Waals surface area (Å²) in [5.41, 5.74) is 2.64. The molecule has 1 aromatic heterocycles. The molecule has 3 nitrogen and oxygen atoms in total. The van der Waals surface area contributed by atoms with E-state index in [9.17, 15) is 0 Å². The molecule has 0 amide bonds. The van der Waals surface area contributed by atoms with E-state index < -0.39 is 0 Å². The van der Waals surface area contributed by atoms with Gasteiger partial charge in [-0.25, -0.2) is 0 Å². The molecule has 0 radical (unpaired) electrons. The average Bonchev–Trinajstić information content (AvgIpc) is 2.75. The minimum atomic E-state index is 0.777. The summed E-state index contributed by atoms with van der Waals surface area (Å²) in [6.45, 7) is 5.55. The molecular weight excluding hydrogens is 210 g/mol. The molecule has 90 valence electrons. The minimum absolute atomic E-state index is 0.777. The summed E-state index contributed by atoms with van der Waals surface area (Å²) in [6.07, 6.45) is 4.53. The molecule has 1 aliphatic heterocycles. The van der Waals surface area contributed by atoms with Crippen molar-refractivity contribution in [2.45, 2.75) is 26.3 Å². The smallest absolute Gasteiger partial charge is 0.0711 e. The van der Waals surface area contributed by atoms with Crippen molar-refractivity contribution in [3.8, 4) is 0 Å². The Morgan fingerprint density at radius 2 is 2.18 bits per heavy atom. The first-order valence-electron chi connectivity index (χ1n) is 6.46. The molecule has 3 rings (SSSR count). The highest BCUT2D eigenvalue weighted by atomic mass is 15.3. The van der Waals surface area contributed by atoms with Crippen molar-refractivity contribution in [3.05, 3.63) is 30.0 Å². The van der Waals surface area contributed by atoms with Crippen molar-refractivity contribution in [2.75, 3.05) is 13.1 Å². The number of hydrogen-bond acceptors (Lipinski definition) is 2. The van der Waals surface area contributed by atoms with E-state index in [-0.39, 0.29) is 0 Å². The lowest BCUT2D eigenvalue weighted by atomic mass is 9.98. The van der Waals surface area contributed by atoms with Gasteiger partial charge >= 0.3 is 0 Å². The second kappa shape index (κ2) is 4.49. The number of piperidine rings is 1. The van der Waals surface area contributed by atoms with Crippen LogP contribution in [-0.2, 0) is 6.54 Å². The lowest BCUT2D eigenvalue weighted by molar-refractivity contribution is 0.325. The molecule has 0 atom stereocenters. The van der Waals surface area contributed by atoms with Crippen molar-refractivity contribution in [3.63, 3.8) is 0 Å². The highest BCUT2D eigenvalue weighted by Gasteiger charge is 2.15. The van der Waals surface area contributed by atoms with Gasteiger partial charge < -0.3 is 5.32 Å². The molecule has 2 heterocycles. The largest absolute Gasteiger partial charge is 0.317 e. The first kappa shape index (κ1) is 10.8. The number of nitrogens with zero attached hydrogens (tertiary/aromatic N) is 2. The van der Waals surface area contributed by atoms with Gasteiger partial charge in [-0.15, -0.1) is 0 Å². The minimum Gasteiger partial charge on any atom is -0.317 e. The van der Waals surface area contributed by atoms with Crippen molar-refractivity contribution in [2.24, 2.45) is 5.92 Å². The summed E-state index contributed by atoms with van der Waals surface area (Å²) in [4.78, 5) is 0. The SMILES string of the molecule is Cc1cccc2cnn(CC3CCNCC3)c12. The van der Waals surface area contributed by atoms with Crippen LogP contribution in [0.3, 0.4) is 0 Å². The third kappa shape index (κ3) is 2.07. The zero-order valence-corrected chi connectivity index (χ0v) is 10.3. The molecule has 17 heavy (non-hydrogen) atoms. The van der Waals surface area contributed by atoms with E-state index in [0.29, 0.717) is 0 Å². The Balaban J connectivity index is 1.89. The van der Waals surface area contributed by atoms with E-state index in [0.717, 1.165) is 25.6 Å². The molecule has 0 saturated carbocycles. The molecule has 1 aromatic carbocycles. The van der Waals surface area contributed by atoms with E-state index in [4.69, 9.17) is 0 Å². The highest BCUT2D eigenvalue weighted by molar-refractivity contribution is 5.81. The number of fused-ring (bicyclic) bond motifs is 1. The van der Waals surface area contributed by atoms with Gasteiger partial charge in [-0.05, 0) is 44.3 Å². The second-order valence-corrected chi connectivity index (χ2v) is 5.03. The molecular formula is C14H19N3. The third-order valence-corrected chi connectivity index (χ3v) is 3.75. The van der Waals surface area contributed by atoms with Crippen LogP contribution in [0.15, 0.2) is 24.4 Å². The number of aryl methyl sites for hydroxylation is 1. The van der Waals surface area contributed by atoms with Crippen molar-refractivity contribution < 1.29 is 0 Å². The molecule has 0 unspecified atom stereocenters. The van der Waals surface area contributed by atoms with E-state index >= 15 is 0 Å². The molecule has 0 aliphatic carbocycles. The number of aromatic nitrogens is 2. The fourth-order valence-electron chi connectivity index (χ4n) is 2.78.